The van der Waals surface area contributed by atoms with E-state index in [0.29, 0.717) is 19.0 Å². The van der Waals surface area contributed by atoms with Gasteiger partial charge in [-0.1, -0.05) is 28.9 Å². The second-order valence-corrected chi connectivity index (χ2v) is 8.28. The maximum absolute atomic E-state index is 12.6. The number of β-amino-alcohol motifs (C(OH)–C–C–N with tert-alkyl or cyclic N) is 1. The SMILES string of the molecule is O=C(c1cc(C2CCN(Cc3cccc(Cl)c3)CC2)no1)N1CCC[C@H](O)C1. The summed E-state index contributed by atoms with van der Waals surface area (Å²) in [6.45, 7) is 3.88. The number of benzene rings is 1. The molecule has 7 heteroatoms. The van der Waals surface area contributed by atoms with E-state index in [2.05, 4.69) is 16.1 Å². The zero-order valence-corrected chi connectivity index (χ0v) is 16.6. The minimum absolute atomic E-state index is 0.170. The van der Waals surface area contributed by atoms with Gasteiger partial charge in [0.2, 0.25) is 5.76 Å². The Morgan fingerprint density at radius 2 is 2.04 bits per heavy atom. The van der Waals surface area contributed by atoms with Gasteiger partial charge in [-0.05, 0) is 56.5 Å². The lowest BCUT2D eigenvalue weighted by Crippen LogP contribution is -2.42. The summed E-state index contributed by atoms with van der Waals surface area (Å²) in [5, 5.41) is 14.7. The van der Waals surface area contributed by atoms with Gasteiger partial charge in [-0.15, -0.1) is 0 Å². The molecule has 2 saturated heterocycles. The third-order valence-corrected chi connectivity index (χ3v) is 5.96. The van der Waals surface area contributed by atoms with Gasteiger partial charge in [0.05, 0.1) is 11.8 Å². The molecule has 2 aliphatic rings. The van der Waals surface area contributed by atoms with Crippen LogP contribution in [0.2, 0.25) is 5.02 Å². The van der Waals surface area contributed by atoms with Crippen LogP contribution in [0.5, 0.6) is 0 Å². The quantitative estimate of drug-likeness (QED) is 0.848. The summed E-state index contributed by atoms with van der Waals surface area (Å²) in [5.74, 6) is 0.425. The number of aliphatic hydroxyl groups is 1. The molecule has 0 saturated carbocycles. The molecule has 28 heavy (non-hydrogen) atoms. The van der Waals surface area contributed by atoms with Gasteiger partial charge in [-0.25, -0.2) is 0 Å². The van der Waals surface area contributed by atoms with Crippen molar-refractivity contribution in [2.24, 2.45) is 0 Å². The lowest BCUT2D eigenvalue weighted by Gasteiger charge is -2.31. The lowest BCUT2D eigenvalue weighted by molar-refractivity contribution is 0.0441. The molecule has 1 atom stereocenters. The van der Waals surface area contributed by atoms with Crippen LogP contribution in [0.4, 0.5) is 0 Å². The highest BCUT2D eigenvalue weighted by Gasteiger charge is 2.28. The predicted octanol–water partition coefficient (Wildman–Crippen LogP) is 3.30. The number of rotatable bonds is 4. The molecule has 2 fully saturated rings. The summed E-state index contributed by atoms with van der Waals surface area (Å²) >= 11 is 6.08. The number of hydrogen-bond donors (Lipinski definition) is 1. The number of hydrogen-bond acceptors (Lipinski definition) is 5. The van der Waals surface area contributed by atoms with Gasteiger partial charge < -0.3 is 14.5 Å². The summed E-state index contributed by atoms with van der Waals surface area (Å²) in [6.07, 6.45) is 3.11. The van der Waals surface area contributed by atoms with Crippen molar-refractivity contribution < 1.29 is 14.4 Å². The Balaban J connectivity index is 1.32. The van der Waals surface area contributed by atoms with E-state index in [1.165, 1.54) is 5.56 Å². The summed E-state index contributed by atoms with van der Waals surface area (Å²) in [4.78, 5) is 16.7. The molecule has 0 aliphatic carbocycles. The van der Waals surface area contributed by atoms with Crippen LogP contribution in [-0.2, 0) is 6.54 Å². The second kappa shape index (κ2) is 8.64. The van der Waals surface area contributed by atoms with E-state index in [4.69, 9.17) is 16.1 Å². The first kappa shape index (κ1) is 19.4. The molecule has 1 amide bonds. The minimum atomic E-state index is -0.441. The summed E-state index contributed by atoms with van der Waals surface area (Å²) < 4.78 is 5.35. The van der Waals surface area contributed by atoms with Crippen molar-refractivity contribution in [3.63, 3.8) is 0 Å². The number of aliphatic hydroxyl groups excluding tert-OH is 1. The smallest absolute Gasteiger partial charge is 0.292 e. The second-order valence-electron chi connectivity index (χ2n) is 7.84. The molecular weight excluding hydrogens is 378 g/mol. The molecular formula is C21H26ClN3O3. The molecule has 0 radical (unpaired) electrons. The van der Waals surface area contributed by atoms with E-state index in [1.807, 2.05) is 18.2 Å². The maximum Gasteiger partial charge on any atom is 0.292 e. The number of amides is 1. The standard InChI is InChI=1S/C21H26ClN3O3/c22-17-4-1-3-15(11-17)13-24-9-6-16(7-10-24)19-12-20(28-23-19)21(27)25-8-2-5-18(26)14-25/h1,3-4,11-12,16,18,26H,2,5-10,13-14H2/t18-/m0/s1. The van der Waals surface area contributed by atoms with E-state index in [9.17, 15) is 9.90 Å². The van der Waals surface area contributed by atoms with Gasteiger partial charge in [0.1, 0.15) is 0 Å². The zero-order chi connectivity index (χ0) is 19.5. The van der Waals surface area contributed by atoms with Gasteiger partial charge in [-0.3, -0.25) is 9.69 Å². The Morgan fingerprint density at radius 1 is 1.21 bits per heavy atom. The van der Waals surface area contributed by atoms with Crippen molar-refractivity contribution in [2.75, 3.05) is 26.2 Å². The first-order chi connectivity index (χ1) is 13.6. The van der Waals surface area contributed by atoms with Crippen LogP contribution in [0.25, 0.3) is 0 Å². The van der Waals surface area contributed by atoms with Crippen LogP contribution in [0.3, 0.4) is 0 Å². The Morgan fingerprint density at radius 3 is 2.79 bits per heavy atom. The molecule has 2 aliphatic heterocycles. The van der Waals surface area contributed by atoms with Crippen LogP contribution in [0.1, 0.15) is 53.4 Å². The molecule has 4 rings (SSSR count). The van der Waals surface area contributed by atoms with Gasteiger partial charge >= 0.3 is 0 Å². The molecule has 0 bridgehead atoms. The molecule has 1 N–H and O–H groups in total. The number of carbonyl (C=O) groups excluding carboxylic acids is 1. The number of nitrogens with zero attached hydrogens (tertiary/aromatic N) is 3. The van der Waals surface area contributed by atoms with Crippen molar-refractivity contribution in [1.82, 2.24) is 15.0 Å². The van der Waals surface area contributed by atoms with E-state index < -0.39 is 6.10 Å². The van der Waals surface area contributed by atoms with E-state index in [-0.39, 0.29) is 11.7 Å². The Kier molecular flexibility index (Phi) is 5.99. The van der Waals surface area contributed by atoms with Crippen LogP contribution in [0.15, 0.2) is 34.9 Å². The third kappa shape index (κ3) is 4.57. The Labute approximate surface area is 170 Å². The number of halogens is 1. The summed E-state index contributed by atoms with van der Waals surface area (Å²) in [6, 6.07) is 9.79. The average molecular weight is 404 g/mol. The van der Waals surface area contributed by atoms with Gasteiger partial charge in [0.15, 0.2) is 0 Å². The molecule has 6 nitrogen and oxygen atoms in total. The number of likely N-dealkylation sites (tertiary alicyclic amines) is 2. The van der Waals surface area contributed by atoms with Gasteiger partial charge in [0, 0.05) is 36.6 Å². The lowest BCUT2D eigenvalue weighted by atomic mass is 9.93. The highest BCUT2D eigenvalue weighted by atomic mass is 35.5. The predicted molar refractivity (Wildman–Crippen MR) is 106 cm³/mol. The Hall–Kier alpha value is -1.89. The van der Waals surface area contributed by atoms with Crippen molar-refractivity contribution in [1.29, 1.82) is 0 Å². The fraction of sp³-hybridized carbons (Fsp3) is 0.524. The van der Waals surface area contributed by atoms with Crippen molar-refractivity contribution in [3.05, 3.63) is 52.4 Å². The molecule has 1 aromatic carbocycles. The van der Waals surface area contributed by atoms with Crippen LogP contribution < -0.4 is 0 Å². The first-order valence-corrected chi connectivity index (χ1v) is 10.4. The summed E-state index contributed by atoms with van der Waals surface area (Å²) in [7, 11) is 0. The number of aromatic nitrogens is 1. The fourth-order valence-electron chi connectivity index (χ4n) is 4.16. The topological polar surface area (TPSA) is 69.8 Å². The molecule has 150 valence electrons. The average Bonchev–Trinajstić information content (AvgIpc) is 3.18. The number of piperidine rings is 2. The molecule has 3 heterocycles. The molecule has 1 aromatic heterocycles. The maximum atomic E-state index is 12.6. The van der Waals surface area contributed by atoms with Crippen LogP contribution in [-0.4, -0.2) is 58.3 Å². The van der Waals surface area contributed by atoms with Crippen molar-refractivity contribution in [2.45, 2.75) is 44.2 Å². The molecule has 0 unspecified atom stereocenters. The molecule has 2 aromatic rings. The highest BCUT2D eigenvalue weighted by molar-refractivity contribution is 6.30. The zero-order valence-electron chi connectivity index (χ0n) is 15.9. The minimum Gasteiger partial charge on any atom is -0.391 e. The summed E-state index contributed by atoms with van der Waals surface area (Å²) in [5.41, 5.74) is 2.09. The van der Waals surface area contributed by atoms with E-state index >= 15 is 0 Å². The monoisotopic (exact) mass is 403 g/mol. The van der Waals surface area contributed by atoms with Crippen molar-refractivity contribution in [3.8, 4) is 0 Å². The number of carbonyl (C=O) groups is 1. The van der Waals surface area contributed by atoms with E-state index in [1.54, 1.807) is 11.0 Å². The Bertz CT molecular complexity index is 817. The van der Waals surface area contributed by atoms with Crippen LogP contribution in [0, 0.1) is 0 Å². The highest BCUT2D eigenvalue weighted by Crippen LogP contribution is 2.29. The fourth-order valence-corrected chi connectivity index (χ4v) is 4.37. The molecule has 0 spiro atoms. The van der Waals surface area contributed by atoms with Crippen LogP contribution >= 0.6 is 11.6 Å². The largest absolute Gasteiger partial charge is 0.391 e. The van der Waals surface area contributed by atoms with Gasteiger partial charge in [-0.2, -0.15) is 0 Å². The van der Waals surface area contributed by atoms with Crippen molar-refractivity contribution >= 4 is 17.5 Å². The van der Waals surface area contributed by atoms with Gasteiger partial charge in [0.25, 0.3) is 5.91 Å². The normalized spacial score (nSPS) is 21.8. The van der Waals surface area contributed by atoms with E-state index in [0.717, 1.165) is 56.0 Å². The third-order valence-electron chi connectivity index (χ3n) is 5.72. The first-order valence-electron chi connectivity index (χ1n) is 9.99.